The molecule has 0 bridgehead atoms. The van der Waals surface area contributed by atoms with Crippen LogP contribution in [0.15, 0.2) is 21.5 Å². The summed E-state index contributed by atoms with van der Waals surface area (Å²) in [7, 11) is -3.52. The number of nitrogens with zero attached hydrogens (tertiary/aromatic N) is 1. The average molecular weight is 364 g/mol. The fourth-order valence-electron chi connectivity index (χ4n) is 2.06. The van der Waals surface area contributed by atoms with Crippen LogP contribution in [0.2, 0.25) is 0 Å². The van der Waals surface area contributed by atoms with Gasteiger partial charge in [-0.15, -0.1) is 0 Å². The summed E-state index contributed by atoms with van der Waals surface area (Å²) in [4.78, 5) is 0.276. The molecule has 1 N–H and O–H groups in total. The zero-order valence-electron chi connectivity index (χ0n) is 12.2. The van der Waals surface area contributed by atoms with Gasteiger partial charge in [-0.2, -0.15) is 4.31 Å². The van der Waals surface area contributed by atoms with Crippen molar-refractivity contribution < 1.29 is 13.5 Å². The zero-order chi connectivity index (χ0) is 15.3. The number of benzene rings is 1. The van der Waals surface area contributed by atoms with Gasteiger partial charge in [-0.3, -0.25) is 0 Å². The normalized spacial score (nSPS) is 12.1. The summed E-state index contributed by atoms with van der Waals surface area (Å²) in [6, 6.07) is 3.31. The second-order valence-electron chi connectivity index (χ2n) is 4.76. The van der Waals surface area contributed by atoms with Crippen LogP contribution in [-0.2, 0) is 16.6 Å². The van der Waals surface area contributed by atoms with E-state index in [-0.39, 0.29) is 11.5 Å². The molecule has 6 heteroatoms. The molecule has 20 heavy (non-hydrogen) atoms. The van der Waals surface area contributed by atoms with Gasteiger partial charge in [0.2, 0.25) is 10.0 Å². The molecule has 0 heterocycles. The van der Waals surface area contributed by atoms with Crippen LogP contribution >= 0.6 is 15.9 Å². The van der Waals surface area contributed by atoms with Crippen molar-refractivity contribution in [1.29, 1.82) is 0 Å². The number of hydrogen-bond acceptors (Lipinski definition) is 3. The van der Waals surface area contributed by atoms with Crippen molar-refractivity contribution in [2.45, 2.75) is 45.1 Å². The van der Waals surface area contributed by atoms with E-state index < -0.39 is 10.0 Å². The van der Waals surface area contributed by atoms with Crippen LogP contribution in [0, 0.1) is 6.92 Å². The molecule has 0 saturated carbocycles. The summed E-state index contributed by atoms with van der Waals surface area (Å²) in [6.07, 6.45) is 1.55. The first kappa shape index (κ1) is 17.6. The summed E-state index contributed by atoms with van der Waals surface area (Å²) in [6.45, 7) is 6.54. The maximum absolute atomic E-state index is 12.8. The van der Waals surface area contributed by atoms with Gasteiger partial charge in [-0.05, 0) is 43.0 Å². The fraction of sp³-hybridized carbons (Fsp3) is 0.571. The average Bonchev–Trinajstić information content (AvgIpc) is 2.41. The van der Waals surface area contributed by atoms with Gasteiger partial charge in [0.15, 0.2) is 0 Å². The minimum absolute atomic E-state index is 0.178. The highest BCUT2D eigenvalue weighted by Crippen LogP contribution is 2.28. The van der Waals surface area contributed by atoms with Crippen molar-refractivity contribution in [3.63, 3.8) is 0 Å². The molecule has 0 aromatic heterocycles. The zero-order valence-corrected chi connectivity index (χ0v) is 14.6. The minimum Gasteiger partial charge on any atom is -0.392 e. The van der Waals surface area contributed by atoms with Crippen molar-refractivity contribution >= 4 is 26.0 Å². The lowest BCUT2D eigenvalue weighted by atomic mass is 10.2. The Labute approximate surface area is 130 Å². The third-order valence-corrected chi connectivity index (χ3v) is 5.95. The second-order valence-corrected chi connectivity index (χ2v) is 7.52. The van der Waals surface area contributed by atoms with E-state index in [0.717, 1.165) is 12.8 Å². The Morgan fingerprint density at radius 3 is 2.20 bits per heavy atom. The predicted octanol–water partition coefficient (Wildman–Crippen LogP) is 3.06. The van der Waals surface area contributed by atoms with E-state index in [1.807, 2.05) is 13.8 Å². The van der Waals surface area contributed by atoms with E-state index >= 15 is 0 Å². The van der Waals surface area contributed by atoms with E-state index in [0.29, 0.717) is 28.7 Å². The van der Waals surface area contributed by atoms with E-state index in [2.05, 4.69) is 15.9 Å². The standard InChI is InChI=1S/C14H22BrNO3S/c1-4-6-16(7-5-2)20(18,19)14-9-12(10-17)8-13(15)11(14)3/h8-9,17H,4-7,10H2,1-3H3. The van der Waals surface area contributed by atoms with Gasteiger partial charge in [0.25, 0.3) is 0 Å². The van der Waals surface area contributed by atoms with Gasteiger partial charge in [-0.25, -0.2) is 8.42 Å². The van der Waals surface area contributed by atoms with Crippen LogP contribution in [0.5, 0.6) is 0 Å². The highest BCUT2D eigenvalue weighted by atomic mass is 79.9. The lowest BCUT2D eigenvalue weighted by Gasteiger charge is -2.22. The molecule has 1 rings (SSSR count). The van der Waals surface area contributed by atoms with Crippen LogP contribution in [0.25, 0.3) is 0 Å². The first-order chi connectivity index (χ1) is 9.38. The maximum Gasteiger partial charge on any atom is 0.243 e. The molecule has 0 aliphatic heterocycles. The first-order valence-corrected chi connectivity index (χ1v) is 9.01. The van der Waals surface area contributed by atoms with E-state index in [1.165, 1.54) is 4.31 Å². The van der Waals surface area contributed by atoms with Crippen molar-refractivity contribution in [2.24, 2.45) is 0 Å². The third-order valence-electron chi connectivity index (χ3n) is 3.10. The fourth-order valence-corrected chi connectivity index (χ4v) is 4.62. The Bertz CT molecular complexity index is 552. The molecule has 0 unspecified atom stereocenters. The summed E-state index contributed by atoms with van der Waals surface area (Å²) < 4.78 is 27.8. The lowest BCUT2D eigenvalue weighted by Crippen LogP contribution is -2.33. The lowest BCUT2D eigenvalue weighted by molar-refractivity contribution is 0.281. The first-order valence-electron chi connectivity index (χ1n) is 6.78. The number of halogens is 1. The summed E-state index contributed by atoms with van der Waals surface area (Å²) in [5, 5.41) is 9.26. The third kappa shape index (κ3) is 3.81. The van der Waals surface area contributed by atoms with Crippen molar-refractivity contribution in [3.05, 3.63) is 27.7 Å². The predicted molar refractivity (Wildman–Crippen MR) is 84.1 cm³/mol. The second kappa shape index (κ2) is 7.54. The highest BCUT2D eigenvalue weighted by molar-refractivity contribution is 9.10. The van der Waals surface area contributed by atoms with Crippen molar-refractivity contribution in [1.82, 2.24) is 4.31 Å². The van der Waals surface area contributed by atoms with Crippen molar-refractivity contribution in [3.8, 4) is 0 Å². The summed E-state index contributed by atoms with van der Waals surface area (Å²) in [5.74, 6) is 0. The molecule has 0 saturated heterocycles. The Morgan fingerprint density at radius 1 is 1.20 bits per heavy atom. The molecule has 1 aromatic rings. The summed E-state index contributed by atoms with van der Waals surface area (Å²) in [5.41, 5.74) is 1.27. The molecule has 0 fully saturated rings. The van der Waals surface area contributed by atoms with Gasteiger partial charge < -0.3 is 5.11 Å². The molecule has 4 nitrogen and oxygen atoms in total. The van der Waals surface area contributed by atoms with Crippen LogP contribution in [0.3, 0.4) is 0 Å². The molecular formula is C14H22BrNO3S. The van der Waals surface area contributed by atoms with Crippen LogP contribution in [0.4, 0.5) is 0 Å². The number of aliphatic hydroxyl groups is 1. The molecule has 0 radical (unpaired) electrons. The van der Waals surface area contributed by atoms with Gasteiger partial charge >= 0.3 is 0 Å². The van der Waals surface area contributed by atoms with Crippen LogP contribution in [-0.4, -0.2) is 30.9 Å². The quantitative estimate of drug-likeness (QED) is 0.809. The molecule has 0 aliphatic rings. The topological polar surface area (TPSA) is 57.6 Å². The Kier molecular flexibility index (Phi) is 6.64. The van der Waals surface area contributed by atoms with Gasteiger partial charge in [-0.1, -0.05) is 29.8 Å². The molecule has 0 atom stereocenters. The monoisotopic (exact) mass is 363 g/mol. The van der Waals surface area contributed by atoms with Crippen LogP contribution in [0.1, 0.15) is 37.8 Å². The molecule has 0 aliphatic carbocycles. The van der Waals surface area contributed by atoms with Crippen LogP contribution < -0.4 is 0 Å². The van der Waals surface area contributed by atoms with E-state index in [4.69, 9.17) is 0 Å². The van der Waals surface area contributed by atoms with E-state index in [1.54, 1.807) is 19.1 Å². The number of aliphatic hydroxyl groups excluding tert-OH is 1. The Morgan fingerprint density at radius 2 is 1.75 bits per heavy atom. The van der Waals surface area contributed by atoms with Gasteiger partial charge in [0, 0.05) is 17.6 Å². The molecule has 0 spiro atoms. The van der Waals surface area contributed by atoms with Crippen molar-refractivity contribution in [2.75, 3.05) is 13.1 Å². The van der Waals surface area contributed by atoms with E-state index in [9.17, 15) is 13.5 Å². The summed E-state index contributed by atoms with van der Waals surface area (Å²) >= 11 is 3.36. The van der Waals surface area contributed by atoms with Gasteiger partial charge in [0.05, 0.1) is 11.5 Å². The minimum atomic E-state index is -3.52. The molecule has 1 aromatic carbocycles. The SMILES string of the molecule is CCCN(CCC)S(=O)(=O)c1cc(CO)cc(Br)c1C. The number of hydrogen-bond donors (Lipinski definition) is 1. The maximum atomic E-state index is 12.8. The smallest absolute Gasteiger partial charge is 0.243 e. The Hall–Kier alpha value is -0.430. The molecular weight excluding hydrogens is 342 g/mol. The molecule has 0 amide bonds. The Balaban J connectivity index is 3.36. The number of rotatable bonds is 7. The largest absolute Gasteiger partial charge is 0.392 e. The molecule has 114 valence electrons. The highest BCUT2D eigenvalue weighted by Gasteiger charge is 2.26. The van der Waals surface area contributed by atoms with Gasteiger partial charge in [0.1, 0.15) is 0 Å². The number of sulfonamides is 1.